The van der Waals surface area contributed by atoms with Crippen LogP contribution in [0.4, 0.5) is 0 Å². The van der Waals surface area contributed by atoms with Crippen molar-refractivity contribution < 1.29 is 14.6 Å². The first-order chi connectivity index (χ1) is 9.78. The Bertz CT molecular complexity index is 507. The van der Waals surface area contributed by atoms with Gasteiger partial charge >= 0.3 is 0 Å². The van der Waals surface area contributed by atoms with Crippen LogP contribution in [0.15, 0.2) is 24.3 Å². The molecule has 1 aliphatic heterocycles. The summed E-state index contributed by atoms with van der Waals surface area (Å²) >= 11 is 0. The molecule has 1 aromatic rings. The molecule has 4 rings (SSSR count). The summed E-state index contributed by atoms with van der Waals surface area (Å²) in [5, 5.41) is 11.5. The number of benzene rings is 1. The fraction of sp³-hybridized carbons (Fsp3) is 0.647. The standard InChI is InChI=1S/C17H22O3/c18-17-14(13-7-3-4-9-15(13)17)8-2-1-5-10-16(17)19-11-6-12-20-16/h3-4,7,9,14,18H,1-2,5-6,8,10-12H2/t14-,17-/m0/s1. The molecule has 108 valence electrons. The minimum Gasteiger partial charge on any atom is -0.379 e. The van der Waals surface area contributed by atoms with Crippen molar-refractivity contribution in [3.63, 3.8) is 0 Å². The van der Waals surface area contributed by atoms with Gasteiger partial charge in [-0.05, 0) is 30.4 Å². The molecule has 0 bridgehead atoms. The average Bonchev–Trinajstić information content (AvgIpc) is 2.49. The van der Waals surface area contributed by atoms with Crippen LogP contribution in [0.3, 0.4) is 0 Å². The molecule has 1 spiro atoms. The molecule has 3 nitrogen and oxygen atoms in total. The van der Waals surface area contributed by atoms with Gasteiger partial charge in [0.05, 0.1) is 13.2 Å². The van der Waals surface area contributed by atoms with Gasteiger partial charge in [0.15, 0.2) is 5.60 Å². The number of hydrogen-bond donors (Lipinski definition) is 1. The second-order valence-corrected chi connectivity index (χ2v) is 6.31. The fourth-order valence-electron chi connectivity index (χ4n) is 4.33. The monoisotopic (exact) mass is 274 g/mol. The lowest BCUT2D eigenvalue weighted by Gasteiger charge is -2.59. The Morgan fingerprint density at radius 2 is 1.80 bits per heavy atom. The lowest BCUT2D eigenvalue weighted by Crippen LogP contribution is -2.65. The average molecular weight is 274 g/mol. The summed E-state index contributed by atoms with van der Waals surface area (Å²) in [5.41, 5.74) is 1.35. The summed E-state index contributed by atoms with van der Waals surface area (Å²) in [6, 6.07) is 8.25. The zero-order valence-corrected chi connectivity index (χ0v) is 11.8. The van der Waals surface area contributed by atoms with E-state index in [0.717, 1.165) is 31.2 Å². The molecule has 0 amide bonds. The first-order valence-corrected chi connectivity index (χ1v) is 7.88. The molecule has 0 aromatic heterocycles. The molecule has 20 heavy (non-hydrogen) atoms. The van der Waals surface area contributed by atoms with Crippen LogP contribution >= 0.6 is 0 Å². The lowest BCUT2D eigenvalue weighted by molar-refractivity contribution is -0.365. The number of rotatable bonds is 0. The molecule has 3 heteroatoms. The summed E-state index contributed by atoms with van der Waals surface area (Å²) in [7, 11) is 0. The van der Waals surface area contributed by atoms with Gasteiger partial charge in [-0.25, -0.2) is 0 Å². The van der Waals surface area contributed by atoms with Crippen molar-refractivity contribution in [2.75, 3.05) is 13.2 Å². The van der Waals surface area contributed by atoms with Gasteiger partial charge in [-0.15, -0.1) is 0 Å². The smallest absolute Gasteiger partial charge is 0.202 e. The van der Waals surface area contributed by atoms with Gasteiger partial charge in [-0.2, -0.15) is 0 Å². The quantitative estimate of drug-likeness (QED) is 0.790. The molecule has 1 heterocycles. The van der Waals surface area contributed by atoms with Crippen molar-refractivity contribution in [1.82, 2.24) is 0 Å². The maximum Gasteiger partial charge on any atom is 0.202 e. The van der Waals surface area contributed by atoms with Crippen LogP contribution in [-0.4, -0.2) is 24.1 Å². The van der Waals surface area contributed by atoms with E-state index < -0.39 is 11.4 Å². The summed E-state index contributed by atoms with van der Waals surface area (Å²) in [4.78, 5) is 0. The molecule has 1 saturated heterocycles. The van der Waals surface area contributed by atoms with Crippen LogP contribution in [0.2, 0.25) is 0 Å². The summed E-state index contributed by atoms with van der Waals surface area (Å²) < 4.78 is 12.1. The Morgan fingerprint density at radius 1 is 1.00 bits per heavy atom. The van der Waals surface area contributed by atoms with E-state index in [-0.39, 0.29) is 5.92 Å². The molecule has 1 saturated carbocycles. The Hall–Kier alpha value is -0.900. The second-order valence-electron chi connectivity index (χ2n) is 6.31. The van der Waals surface area contributed by atoms with E-state index >= 15 is 0 Å². The molecular formula is C17H22O3. The normalized spacial score (nSPS) is 35.4. The van der Waals surface area contributed by atoms with Crippen molar-refractivity contribution in [1.29, 1.82) is 0 Å². The fourth-order valence-corrected chi connectivity index (χ4v) is 4.33. The molecule has 0 unspecified atom stereocenters. The maximum atomic E-state index is 11.5. The van der Waals surface area contributed by atoms with Gasteiger partial charge in [-0.1, -0.05) is 37.1 Å². The van der Waals surface area contributed by atoms with E-state index in [9.17, 15) is 5.11 Å². The Balaban J connectivity index is 1.82. The zero-order valence-electron chi connectivity index (χ0n) is 11.8. The highest BCUT2D eigenvalue weighted by atomic mass is 16.7. The van der Waals surface area contributed by atoms with Crippen molar-refractivity contribution in [2.45, 2.75) is 55.8 Å². The largest absolute Gasteiger partial charge is 0.379 e. The lowest BCUT2D eigenvalue weighted by atomic mass is 9.57. The van der Waals surface area contributed by atoms with Gasteiger partial charge in [0.2, 0.25) is 5.79 Å². The van der Waals surface area contributed by atoms with E-state index in [4.69, 9.17) is 9.47 Å². The summed E-state index contributed by atoms with van der Waals surface area (Å²) in [5.74, 6) is -0.651. The van der Waals surface area contributed by atoms with E-state index in [0.29, 0.717) is 13.2 Å². The topological polar surface area (TPSA) is 38.7 Å². The van der Waals surface area contributed by atoms with Crippen molar-refractivity contribution in [3.8, 4) is 0 Å². The highest BCUT2D eigenvalue weighted by Crippen LogP contribution is 2.61. The number of hydrogen-bond acceptors (Lipinski definition) is 3. The highest BCUT2D eigenvalue weighted by Gasteiger charge is 2.65. The summed E-state index contributed by atoms with van der Waals surface area (Å²) in [6.45, 7) is 1.38. The minimum absolute atomic E-state index is 0.164. The Kier molecular flexibility index (Phi) is 2.92. The minimum atomic E-state index is -0.954. The van der Waals surface area contributed by atoms with Crippen molar-refractivity contribution >= 4 is 0 Å². The van der Waals surface area contributed by atoms with Gasteiger partial charge < -0.3 is 14.6 Å². The van der Waals surface area contributed by atoms with Gasteiger partial charge in [-0.3, -0.25) is 0 Å². The van der Waals surface area contributed by atoms with Crippen molar-refractivity contribution in [2.24, 2.45) is 0 Å². The third-order valence-corrected chi connectivity index (χ3v) is 5.29. The number of aliphatic hydroxyl groups is 1. The van der Waals surface area contributed by atoms with Crippen LogP contribution in [0.25, 0.3) is 0 Å². The molecule has 2 atom stereocenters. The zero-order chi connectivity index (χ0) is 13.6. The second kappa shape index (κ2) is 4.55. The molecule has 1 N–H and O–H groups in total. The third-order valence-electron chi connectivity index (χ3n) is 5.29. The molecule has 2 aliphatic carbocycles. The molecular weight excluding hydrogens is 252 g/mol. The van der Waals surface area contributed by atoms with E-state index in [1.165, 1.54) is 18.4 Å². The van der Waals surface area contributed by atoms with Crippen LogP contribution in [0, 0.1) is 0 Å². The van der Waals surface area contributed by atoms with E-state index in [2.05, 4.69) is 12.1 Å². The van der Waals surface area contributed by atoms with Gasteiger partial charge in [0, 0.05) is 12.3 Å². The van der Waals surface area contributed by atoms with Crippen molar-refractivity contribution in [3.05, 3.63) is 35.4 Å². The maximum absolute atomic E-state index is 11.5. The van der Waals surface area contributed by atoms with Crippen LogP contribution in [0.1, 0.15) is 55.6 Å². The predicted molar refractivity (Wildman–Crippen MR) is 75.4 cm³/mol. The molecule has 2 fully saturated rings. The Morgan fingerprint density at radius 3 is 2.65 bits per heavy atom. The first kappa shape index (κ1) is 12.8. The third kappa shape index (κ3) is 1.51. The summed E-state index contributed by atoms with van der Waals surface area (Å²) in [6.07, 6.45) is 6.19. The Labute approximate surface area is 119 Å². The highest BCUT2D eigenvalue weighted by molar-refractivity contribution is 5.50. The SMILES string of the molecule is O[C@]12c3ccccc3[C@@H]1CCCCCC21OCCCO1. The van der Waals surface area contributed by atoms with Gasteiger partial charge in [0.25, 0.3) is 0 Å². The van der Waals surface area contributed by atoms with Gasteiger partial charge in [0.1, 0.15) is 0 Å². The molecule has 0 radical (unpaired) electrons. The molecule has 1 aromatic carbocycles. The van der Waals surface area contributed by atoms with Crippen LogP contribution in [0.5, 0.6) is 0 Å². The first-order valence-electron chi connectivity index (χ1n) is 7.88. The number of ether oxygens (including phenoxy) is 2. The van der Waals surface area contributed by atoms with E-state index in [1.54, 1.807) is 0 Å². The molecule has 3 aliphatic rings. The number of fused-ring (bicyclic) bond motifs is 5. The van der Waals surface area contributed by atoms with Crippen LogP contribution in [-0.2, 0) is 15.1 Å². The predicted octanol–water partition coefficient (Wildman–Crippen LogP) is 3.07. The van der Waals surface area contributed by atoms with Crippen LogP contribution < -0.4 is 0 Å². The van der Waals surface area contributed by atoms with E-state index in [1.807, 2.05) is 12.1 Å².